The van der Waals surface area contributed by atoms with Gasteiger partial charge >= 0.3 is 0 Å². The predicted molar refractivity (Wildman–Crippen MR) is 125 cm³/mol. The summed E-state index contributed by atoms with van der Waals surface area (Å²) in [5.41, 5.74) is -3.58. The summed E-state index contributed by atoms with van der Waals surface area (Å²) in [6.45, 7) is 1.12. The Kier molecular flexibility index (Phi) is 6.29. The Balaban J connectivity index is 1.68. The Labute approximate surface area is 215 Å². The highest BCUT2D eigenvalue weighted by atomic mass is 16.7. The number of fused-ring (bicyclic) bond motifs is 3. The van der Waals surface area contributed by atoms with E-state index in [1.165, 1.54) is 25.3 Å². The standard InChI is InChI=1S/C26H26O12/c1-9(27)26(35)7-11-17(14(8-26)37-15-6-12(28)22(31)25(34)38-15)24(33)19-18(21(11)30)20(29)10-4-3-5-13(36-2)16(10)23(19)32/h3-5,12,14-15,22,25,28,30-31,33-35H,6-8H2,1-2H3/t12-,14-,15+,22-,25+,26-/m0/s1. The number of aliphatic hydroxyl groups is 4. The molecule has 1 fully saturated rings. The number of methoxy groups -OCH3 is 1. The van der Waals surface area contributed by atoms with Crippen LogP contribution in [0.3, 0.4) is 0 Å². The topological polar surface area (TPSA) is 200 Å². The molecule has 1 saturated heterocycles. The molecule has 2 aromatic rings. The molecule has 6 atom stereocenters. The second-order valence-corrected chi connectivity index (χ2v) is 9.72. The first-order valence-corrected chi connectivity index (χ1v) is 11.8. The number of ether oxygens (including phenoxy) is 3. The van der Waals surface area contributed by atoms with Crippen LogP contribution in [0.4, 0.5) is 0 Å². The van der Waals surface area contributed by atoms with Crippen LogP contribution in [0.5, 0.6) is 17.2 Å². The maximum atomic E-state index is 13.6. The first-order valence-electron chi connectivity index (χ1n) is 11.8. The molecule has 2 aliphatic carbocycles. The van der Waals surface area contributed by atoms with Gasteiger partial charge in [0.05, 0.1) is 36.0 Å². The van der Waals surface area contributed by atoms with Gasteiger partial charge in [-0.15, -0.1) is 0 Å². The average Bonchev–Trinajstić information content (AvgIpc) is 2.87. The summed E-state index contributed by atoms with van der Waals surface area (Å²) >= 11 is 0. The normalized spacial score (nSPS) is 30.3. The number of hydrogen-bond acceptors (Lipinski definition) is 12. The molecule has 12 nitrogen and oxygen atoms in total. The summed E-state index contributed by atoms with van der Waals surface area (Å²) in [6.07, 6.45) is -8.88. The third-order valence-corrected chi connectivity index (χ3v) is 7.46. The van der Waals surface area contributed by atoms with Crippen molar-refractivity contribution in [3.05, 3.63) is 51.6 Å². The molecule has 2 aromatic carbocycles. The molecule has 3 aliphatic rings. The summed E-state index contributed by atoms with van der Waals surface area (Å²) in [6, 6.07) is 4.33. The van der Waals surface area contributed by atoms with E-state index in [4.69, 9.17) is 14.2 Å². The lowest BCUT2D eigenvalue weighted by atomic mass is 9.72. The summed E-state index contributed by atoms with van der Waals surface area (Å²) in [4.78, 5) is 39.4. The molecule has 0 amide bonds. The van der Waals surface area contributed by atoms with Crippen LogP contribution in [0.2, 0.25) is 0 Å². The molecule has 0 saturated carbocycles. The fraction of sp³-hybridized carbons (Fsp3) is 0.423. The van der Waals surface area contributed by atoms with Crippen LogP contribution < -0.4 is 4.74 Å². The Morgan fingerprint density at radius 3 is 2.37 bits per heavy atom. The van der Waals surface area contributed by atoms with Gasteiger partial charge in [0.15, 0.2) is 24.1 Å². The van der Waals surface area contributed by atoms with E-state index in [-0.39, 0.29) is 34.4 Å². The lowest BCUT2D eigenvalue weighted by molar-refractivity contribution is -0.317. The average molecular weight is 530 g/mol. The molecule has 5 rings (SSSR count). The molecule has 6 N–H and O–H groups in total. The molecule has 0 radical (unpaired) electrons. The molecular formula is C26H26O12. The van der Waals surface area contributed by atoms with Gasteiger partial charge in [0.1, 0.15) is 29.0 Å². The van der Waals surface area contributed by atoms with E-state index in [0.717, 1.165) is 6.92 Å². The molecule has 12 heteroatoms. The highest BCUT2D eigenvalue weighted by molar-refractivity contribution is 6.31. The number of Topliss-reactive ketones (excluding diaryl/α,β-unsaturated/α-hetero) is 1. The van der Waals surface area contributed by atoms with Crippen LogP contribution in [-0.2, 0) is 20.7 Å². The zero-order chi connectivity index (χ0) is 27.7. The molecule has 202 valence electrons. The number of benzene rings is 2. The molecule has 0 aromatic heterocycles. The lowest BCUT2D eigenvalue weighted by Gasteiger charge is -2.41. The Bertz CT molecular complexity index is 1350. The third-order valence-electron chi connectivity index (χ3n) is 7.46. The highest BCUT2D eigenvalue weighted by Gasteiger charge is 2.49. The van der Waals surface area contributed by atoms with Crippen LogP contribution in [-0.4, -0.2) is 85.5 Å². The van der Waals surface area contributed by atoms with Gasteiger partial charge in [-0.05, 0) is 13.0 Å². The number of aromatic hydroxyl groups is 2. The fourth-order valence-corrected chi connectivity index (χ4v) is 5.39. The summed E-state index contributed by atoms with van der Waals surface area (Å²) < 4.78 is 16.3. The zero-order valence-corrected chi connectivity index (χ0v) is 20.4. The predicted octanol–water partition coefficient (Wildman–Crippen LogP) is -0.00760. The number of rotatable bonds is 4. The van der Waals surface area contributed by atoms with E-state index in [1.807, 2.05) is 0 Å². The smallest absolute Gasteiger partial charge is 0.202 e. The number of phenols is 2. The molecule has 0 spiro atoms. The molecule has 38 heavy (non-hydrogen) atoms. The van der Waals surface area contributed by atoms with Crippen molar-refractivity contribution in [1.82, 2.24) is 0 Å². The van der Waals surface area contributed by atoms with E-state index in [9.17, 15) is 45.0 Å². The van der Waals surface area contributed by atoms with Gasteiger partial charge in [-0.3, -0.25) is 14.4 Å². The number of hydrogen-bond donors (Lipinski definition) is 6. The second kappa shape index (κ2) is 9.12. The van der Waals surface area contributed by atoms with Crippen LogP contribution in [0, 0.1) is 0 Å². The maximum Gasteiger partial charge on any atom is 0.202 e. The van der Waals surface area contributed by atoms with E-state index in [0.29, 0.717) is 0 Å². The minimum absolute atomic E-state index is 0.0564. The largest absolute Gasteiger partial charge is 0.507 e. The first-order chi connectivity index (χ1) is 17.9. The van der Waals surface area contributed by atoms with Crippen molar-refractivity contribution in [2.75, 3.05) is 7.11 Å². The number of aliphatic hydroxyl groups excluding tert-OH is 3. The van der Waals surface area contributed by atoms with Crippen molar-refractivity contribution < 1.29 is 59.2 Å². The van der Waals surface area contributed by atoms with Crippen LogP contribution in [0.25, 0.3) is 0 Å². The van der Waals surface area contributed by atoms with Crippen molar-refractivity contribution in [3.63, 3.8) is 0 Å². The summed E-state index contributed by atoms with van der Waals surface area (Å²) in [5, 5.41) is 63.5. The van der Waals surface area contributed by atoms with Crippen molar-refractivity contribution in [1.29, 1.82) is 0 Å². The van der Waals surface area contributed by atoms with Gasteiger partial charge < -0.3 is 44.8 Å². The zero-order valence-electron chi connectivity index (χ0n) is 20.4. The summed E-state index contributed by atoms with van der Waals surface area (Å²) in [7, 11) is 1.31. The van der Waals surface area contributed by atoms with Crippen molar-refractivity contribution >= 4 is 17.3 Å². The molecule has 0 bridgehead atoms. The first kappa shape index (κ1) is 26.2. The Morgan fingerprint density at radius 2 is 1.74 bits per heavy atom. The van der Waals surface area contributed by atoms with E-state index in [2.05, 4.69) is 0 Å². The number of phenolic OH excluding ortho intramolecular Hbond substituents is 2. The van der Waals surface area contributed by atoms with Crippen molar-refractivity contribution in [3.8, 4) is 17.2 Å². The van der Waals surface area contributed by atoms with Crippen molar-refractivity contribution in [2.24, 2.45) is 0 Å². The Morgan fingerprint density at radius 1 is 1.05 bits per heavy atom. The van der Waals surface area contributed by atoms with Gasteiger partial charge in [0.25, 0.3) is 0 Å². The number of ketones is 3. The molecular weight excluding hydrogens is 504 g/mol. The molecule has 1 heterocycles. The second-order valence-electron chi connectivity index (χ2n) is 9.72. The van der Waals surface area contributed by atoms with E-state index < -0.39 is 89.3 Å². The molecule has 0 unspecified atom stereocenters. The monoisotopic (exact) mass is 530 g/mol. The minimum Gasteiger partial charge on any atom is -0.507 e. The SMILES string of the molecule is COc1cccc2c1C(=O)c1c(O)c3c(c(O)c1C2=O)C[C@@](O)(C(C)=O)C[C@@H]3O[C@H]1C[C@H](O)[C@H](O)[C@H](O)O1. The highest BCUT2D eigenvalue weighted by Crippen LogP contribution is 2.52. The van der Waals surface area contributed by atoms with Crippen LogP contribution >= 0.6 is 0 Å². The van der Waals surface area contributed by atoms with E-state index in [1.54, 1.807) is 0 Å². The third kappa shape index (κ3) is 3.80. The number of carbonyl (C=O) groups excluding carboxylic acids is 3. The van der Waals surface area contributed by atoms with Gasteiger partial charge in [0.2, 0.25) is 5.78 Å². The van der Waals surface area contributed by atoms with Crippen LogP contribution in [0.15, 0.2) is 18.2 Å². The Hall–Kier alpha value is -3.39. The van der Waals surface area contributed by atoms with Gasteiger partial charge in [-0.25, -0.2) is 0 Å². The number of carbonyl (C=O) groups is 3. The quantitative estimate of drug-likeness (QED) is 0.247. The summed E-state index contributed by atoms with van der Waals surface area (Å²) in [5.74, 6) is -3.57. The van der Waals surface area contributed by atoms with Gasteiger partial charge in [-0.1, -0.05) is 12.1 Å². The van der Waals surface area contributed by atoms with Gasteiger partial charge in [0, 0.05) is 36.0 Å². The minimum atomic E-state index is -2.09. The maximum absolute atomic E-state index is 13.6. The van der Waals surface area contributed by atoms with Crippen LogP contribution in [0.1, 0.15) is 68.8 Å². The molecule has 1 aliphatic heterocycles. The van der Waals surface area contributed by atoms with Gasteiger partial charge in [-0.2, -0.15) is 0 Å². The van der Waals surface area contributed by atoms with Crippen molar-refractivity contribution in [2.45, 2.75) is 62.7 Å². The van der Waals surface area contributed by atoms with E-state index >= 15 is 0 Å². The lowest BCUT2D eigenvalue weighted by Crippen LogP contribution is -2.50. The fourth-order valence-electron chi connectivity index (χ4n) is 5.39.